The van der Waals surface area contributed by atoms with Crippen LogP contribution >= 0.6 is 0 Å². The Hall–Kier alpha value is -1.65. The van der Waals surface area contributed by atoms with Gasteiger partial charge in [0.2, 0.25) is 0 Å². The van der Waals surface area contributed by atoms with Crippen LogP contribution in [0.4, 0.5) is 14.5 Å². The number of benzene rings is 1. The van der Waals surface area contributed by atoms with E-state index < -0.39 is 6.43 Å². The number of nitrogens with two attached hydrogens (primary N) is 1. The van der Waals surface area contributed by atoms with E-state index in [9.17, 15) is 13.6 Å². The maximum Gasteiger partial charge on any atom is 0.263 e. The van der Waals surface area contributed by atoms with Gasteiger partial charge in [-0.2, -0.15) is 0 Å². The summed E-state index contributed by atoms with van der Waals surface area (Å²) in [5, 5.41) is 0. The molecule has 82 valence electrons. The molecule has 0 aromatic heterocycles. The fraction of sp³-hybridized carbons (Fsp3) is 0.300. The second-order valence-electron chi connectivity index (χ2n) is 3.05. The Kier molecular flexibility index (Phi) is 3.24. The molecule has 0 atom stereocenters. The van der Waals surface area contributed by atoms with Gasteiger partial charge < -0.3 is 10.5 Å². The molecule has 0 saturated heterocycles. The number of ether oxygens (including phenoxy) is 1. The Morgan fingerprint density at radius 3 is 2.47 bits per heavy atom. The number of rotatable bonds is 3. The zero-order chi connectivity index (χ0) is 11.6. The SMILES string of the molecule is COc1c(N)cc(C(F)F)cc1C(C)=O. The van der Waals surface area contributed by atoms with Gasteiger partial charge in [-0.3, -0.25) is 4.79 Å². The summed E-state index contributed by atoms with van der Waals surface area (Å²) in [6, 6.07) is 2.21. The monoisotopic (exact) mass is 215 g/mol. The fourth-order valence-corrected chi connectivity index (χ4v) is 1.29. The summed E-state index contributed by atoms with van der Waals surface area (Å²) < 4.78 is 29.7. The average Bonchev–Trinajstić information content (AvgIpc) is 2.16. The van der Waals surface area contributed by atoms with Crippen molar-refractivity contribution in [2.75, 3.05) is 12.8 Å². The molecule has 0 saturated carbocycles. The van der Waals surface area contributed by atoms with Gasteiger partial charge in [-0.1, -0.05) is 0 Å². The summed E-state index contributed by atoms with van der Waals surface area (Å²) in [6.45, 7) is 1.27. The molecule has 3 nitrogen and oxygen atoms in total. The maximum atomic E-state index is 12.4. The third-order valence-corrected chi connectivity index (χ3v) is 1.98. The van der Waals surface area contributed by atoms with Gasteiger partial charge in [0.05, 0.1) is 18.4 Å². The van der Waals surface area contributed by atoms with Crippen LogP contribution in [-0.2, 0) is 0 Å². The molecular formula is C10H11F2NO2. The Morgan fingerprint density at radius 1 is 1.47 bits per heavy atom. The average molecular weight is 215 g/mol. The van der Waals surface area contributed by atoms with Crippen molar-refractivity contribution in [1.29, 1.82) is 0 Å². The van der Waals surface area contributed by atoms with Gasteiger partial charge in [-0.15, -0.1) is 0 Å². The van der Waals surface area contributed by atoms with Crippen molar-refractivity contribution < 1.29 is 18.3 Å². The van der Waals surface area contributed by atoms with E-state index in [1.165, 1.54) is 14.0 Å². The summed E-state index contributed by atoms with van der Waals surface area (Å²) in [6.07, 6.45) is -2.66. The molecule has 0 amide bonds. The van der Waals surface area contributed by atoms with E-state index in [0.29, 0.717) is 0 Å². The highest BCUT2D eigenvalue weighted by Crippen LogP contribution is 2.32. The molecule has 0 bridgehead atoms. The van der Waals surface area contributed by atoms with Crippen LogP contribution in [0.2, 0.25) is 0 Å². The lowest BCUT2D eigenvalue weighted by atomic mass is 10.1. The van der Waals surface area contributed by atoms with Crippen LogP contribution in [-0.4, -0.2) is 12.9 Å². The summed E-state index contributed by atoms with van der Waals surface area (Å²) >= 11 is 0. The Bertz CT molecular complexity index is 391. The number of hydrogen-bond acceptors (Lipinski definition) is 3. The van der Waals surface area contributed by atoms with E-state index >= 15 is 0 Å². The summed E-state index contributed by atoms with van der Waals surface area (Å²) in [5.41, 5.74) is 5.34. The Labute approximate surface area is 85.8 Å². The quantitative estimate of drug-likeness (QED) is 0.622. The summed E-state index contributed by atoms with van der Waals surface area (Å²) in [4.78, 5) is 11.2. The number of Topliss-reactive ketones (excluding diaryl/α,β-unsaturated/α-hetero) is 1. The minimum atomic E-state index is -2.66. The maximum absolute atomic E-state index is 12.4. The molecule has 1 aromatic rings. The first-order chi connectivity index (χ1) is 6.97. The summed E-state index contributed by atoms with van der Waals surface area (Å²) in [5.74, 6) is -0.215. The highest BCUT2D eigenvalue weighted by Gasteiger charge is 2.17. The van der Waals surface area contributed by atoms with Crippen molar-refractivity contribution in [3.05, 3.63) is 23.3 Å². The normalized spacial score (nSPS) is 10.5. The van der Waals surface area contributed by atoms with Crippen LogP contribution in [0.25, 0.3) is 0 Å². The molecule has 0 aliphatic heterocycles. The third kappa shape index (κ3) is 2.23. The van der Waals surface area contributed by atoms with Crippen LogP contribution in [0.5, 0.6) is 5.75 Å². The number of methoxy groups -OCH3 is 1. The molecule has 0 radical (unpaired) electrons. The second kappa shape index (κ2) is 4.25. The molecule has 0 aliphatic rings. The van der Waals surface area contributed by atoms with Crippen molar-refractivity contribution in [1.82, 2.24) is 0 Å². The molecule has 0 aliphatic carbocycles. The number of anilines is 1. The number of nitrogen functional groups attached to an aromatic ring is 1. The molecular weight excluding hydrogens is 204 g/mol. The van der Waals surface area contributed by atoms with Gasteiger partial charge in [0.15, 0.2) is 11.5 Å². The highest BCUT2D eigenvalue weighted by atomic mass is 19.3. The zero-order valence-corrected chi connectivity index (χ0v) is 8.38. The zero-order valence-electron chi connectivity index (χ0n) is 8.38. The first-order valence-electron chi connectivity index (χ1n) is 4.23. The topological polar surface area (TPSA) is 52.3 Å². The minimum absolute atomic E-state index is 0.0421. The first kappa shape index (κ1) is 11.4. The van der Waals surface area contributed by atoms with Gasteiger partial charge in [0.25, 0.3) is 6.43 Å². The molecule has 5 heteroatoms. The molecule has 0 heterocycles. The summed E-state index contributed by atoms with van der Waals surface area (Å²) in [7, 11) is 1.33. The van der Waals surface area contributed by atoms with Gasteiger partial charge >= 0.3 is 0 Å². The van der Waals surface area contributed by atoms with Crippen LogP contribution in [0, 0.1) is 0 Å². The van der Waals surface area contributed by atoms with Crippen LogP contribution < -0.4 is 10.5 Å². The predicted molar refractivity (Wildman–Crippen MR) is 52.4 cm³/mol. The standard InChI is InChI=1S/C10H11F2NO2/c1-5(14)7-3-6(10(11)12)4-8(13)9(7)15-2/h3-4,10H,13H2,1-2H3. The number of halogens is 2. The lowest BCUT2D eigenvalue weighted by Gasteiger charge is -2.11. The van der Waals surface area contributed by atoms with Crippen molar-refractivity contribution in [3.8, 4) is 5.75 Å². The number of hydrogen-bond donors (Lipinski definition) is 1. The van der Waals surface area contributed by atoms with E-state index in [1.54, 1.807) is 0 Å². The third-order valence-electron chi connectivity index (χ3n) is 1.98. The lowest BCUT2D eigenvalue weighted by Crippen LogP contribution is -2.03. The van der Waals surface area contributed by atoms with E-state index in [-0.39, 0.29) is 28.3 Å². The van der Waals surface area contributed by atoms with E-state index in [1.807, 2.05) is 0 Å². The first-order valence-corrected chi connectivity index (χ1v) is 4.23. The number of carbonyl (C=O) groups excluding carboxylic acids is 1. The smallest absolute Gasteiger partial charge is 0.263 e. The molecule has 15 heavy (non-hydrogen) atoms. The van der Waals surface area contributed by atoms with Gasteiger partial charge in [-0.25, -0.2) is 8.78 Å². The Balaban J connectivity index is 3.38. The Morgan fingerprint density at radius 2 is 2.07 bits per heavy atom. The lowest BCUT2D eigenvalue weighted by molar-refractivity contribution is 0.101. The van der Waals surface area contributed by atoms with E-state index in [4.69, 9.17) is 10.5 Å². The van der Waals surface area contributed by atoms with Crippen molar-refractivity contribution in [2.45, 2.75) is 13.3 Å². The van der Waals surface area contributed by atoms with Crippen LogP contribution in [0.15, 0.2) is 12.1 Å². The number of alkyl halides is 2. The van der Waals surface area contributed by atoms with E-state index in [2.05, 4.69) is 0 Å². The van der Waals surface area contributed by atoms with Crippen molar-refractivity contribution in [2.24, 2.45) is 0 Å². The highest BCUT2D eigenvalue weighted by molar-refractivity contribution is 5.98. The van der Waals surface area contributed by atoms with Gasteiger partial charge in [0, 0.05) is 5.56 Å². The van der Waals surface area contributed by atoms with Crippen LogP contribution in [0.1, 0.15) is 29.3 Å². The number of carbonyl (C=O) groups is 1. The minimum Gasteiger partial charge on any atom is -0.494 e. The predicted octanol–water partition coefficient (Wildman–Crippen LogP) is 2.42. The van der Waals surface area contributed by atoms with Gasteiger partial charge in [-0.05, 0) is 19.1 Å². The van der Waals surface area contributed by atoms with Crippen LogP contribution in [0.3, 0.4) is 0 Å². The van der Waals surface area contributed by atoms with E-state index in [0.717, 1.165) is 12.1 Å². The molecule has 2 N–H and O–H groups in total. The molecule has 1 aromatic carbocycles. The fourth-order valence-electron chi connectivity index (χ4n) is 1.29. The molecule has 0 unspecified atom stereocenters. The molecule has 0 spiro atoms. The number of ketones is 1. The second-order valence-corrected chi connectivity index (χ2v) is 3.05. The van der Waals surface area contributed by atoms with Crippen molar-refractivity contribution >= 4 is 11.5 Å². The largest absolute Gasteiger partial charge is 0.494 e. The molecule has 1 rings (SSSR count). The van der Waals surface area contributed by atoms with Gasteiger partial charge in [0.1, 0.15) is 0 Å². The molecule has 0 fully saturated rings. The van der Waals surface area contributed by atoms with Crippen molar-refractivity contribution in [3.63, 3.8) is 0 Å².